The molecule has 3 rings (SSSR count). The molecule has 0 radical (unpaired) electrons. The summed E-state index contributed by atoms with van der Waals surface area (Å²) in [6, 6.07) is 6.73. The largest absolute Gasteiger partial charge is 0.508 e. The van der Waals surface area contributed by atoms with E-state index in [0.29, 0.717) is 5.92 Å². The second-order valence-corrected chi connectivity index (χ2v) is 7.46. The summed E-state index contributed by atoms with van der Waals surface area (Å²) in [5, 5.41) is 9.25. The van der Waals surface area contributed by atoms with Crippen LogP contribution in [-0.2, 0) is 9.53 Å². The number of rotatable bonds is 3. The highest BCUT2D eigenvalue weighted by Gasteiger charge is 2.62. The van der Waals surface area contributed by atoms with E-state index in [0.717, 1.165) is 18.4 Å². The van der Waals surface area contributed by atoms with Gasteiger partial charge in [-0.2, -0.15) is 0 Å². The molecule has 0 saturated heterocycles. The van der Waals surface area contributed by atoms with Crippen molar-refractivity contribution in [1.29, 1.82) is 0 Å². The second-order valence-electron chi connectivity index (χ2n) is 7.46. The summed E-state index contributed by atoms with van der Waals surface area (Å²) in [5.74, 6) is 0.607. The molecule has 1 aromatic carbocycles. The Morgan fingerprint density at radius 2 is 1.95 bits per heavy atom. The number of carbonyl (C=O) groups excluding carboxylic acids is 1. The number of carbonyl (C=O) groups is 1. The van der Waals surface area contributed by atoms with Crippen molar-refractivity contribution in [2.24, 2.45) is 16.7 Å². The second kappa shape index (κ2) is 5.15. The third kappa shape index (κ3) is 2.33. The minimum atomic E-state index is -0.275. The fourth-order valence-electron chi connectivity index (χ4n) is 4.24. The Morgan fingerprint density at radius 3 is 2.50 bits per heavy atom. The first kappa shape index (κ1) is 15.1. The van der Waals surface area contributed by atoms with E-state index in [2.05, 4.69) is 20.8 Å². The highest BCUT2D eigenvalue weighted by atomic mass is 16.5. The number of ether oxygens (including phenoxy) is 1. The van der Waals surface area contributed by atoms with Crippen LogP contribution in [-0.4, -0.2) is 17.2 Å². The molecule has 1 N–H and O–H groups in total. The van der Waals surface area contributed by atoms with Gasteiger partial charge < -0.3 is 9.84 Å². The van der Waals surface area contributed by atoms with Crippen molar-refractivity contribution in [2.75, 3.05) is 0 Å². The van der Waals surface area contributed by atoms with Gasteiger partial charge in [0.25, 0.3) is 0 Å². The normalized spacial score (nSPS) is 32.5. The van der Waals surface area contributed by atoms with Crippen LogP contribution in [0.25, 0.3) is 6.08 Å². The number of benzene rings is 1. The molecule has 22 heavy (non-hydrogen) atoms. The lowest BCUT2D eigenvalue weighted by Crippen LogP contribution is -2.38. The first-order chi connectivity index (χ1) is 10.3. The van der Waals surface area contributed by atoms with Gasteiger partial charge in [0.1, 0.15) is 11.9 Å². The molecular weight excluding hydrogens is 276 g/mol. The van der Waals surface area contributed by atoms with Gasteiger partial charge in [0, 0.05) is 11.5 Å². The van der Waals surface area contributed by atoms with Gasteiger partial charge in [-0.25, -0.2) is 4.79 Å². The fraction of sp³-hybridized carbons (Fsp3) is 0.526. The van der Waals surface area contributed by atoms with E-state index in [1.165, 1.54) is 12.5 Å². The van der Waals surface area contributed by atoms with E-state index in [-0.39, 0.29) is 28.7 Å². The van der Waals surface area contributed by atoms with E-state index in [1.54, 1.807) is 30.3 Å². The zero-order chi connectivity index (χ0) is 16.0. The molecule has 2 saturated carbocycles. The molecule has 2 aliphatic carbocycles. The van der Waals surface area contributed by atoms with Crippen molar-refractivity contribution < 1.29 is 14.6 Å². The first-order valence-electron chi connectivity index (χ1n) is 8.01. The summed E-state index contributed by atoms with van der Waals surface area (Å²) in [4.78, 5) is 12.1. The average molecular weight is 300 g/mol. The molecular formula is C19H24O3. The van der Waals surface area contributed by atoms with E-state index in [4.69, 9.17) is 4.74 Å². The smallest absolute Gasteiger partial charge is 0.331 e. The molecule has 118 valence electrons. The monoisotopic (exact) mass is 300 g/mol. The Bertz CT molecular complexity index is 600. The van der Waals surface area contributed by atoms with Crippen molar-refractivity contribution in [1.82, 2.24) is 0 Å². The first-order valence-corrected chi connectivity index (χ1v) is 8.01. The topological polar surface area (TPSA) is 46.5 Å². The molecule has 0 heterocycles. The lowest BCUT2D eigenvalue weighted by Gasteiger charge is -2.38. The maximum atomic E-state index is 12.1. The zero-order valence-corrected chi connectivity index (χ0v) is 13.5. The molecule has 0 spiro atoms. The van der Waals surface area contributed by atoms with Crippen LogP contribution >= 0.6 is 0 Å². The van der Waals surface area contributed by atoms with E-state index in [1.807, 2.05) is 0 Å². The van der Waals surface area contributed by atoms with Crippen molar-refractivity contribution in [2.45, 2.75) is 46.1 Å². The van der Waals surface area contributed by atoms with Crippen LogP contribution in [0.1, 0.15) is 45.6 Å². The summed E-state index contributed by atoms with van der Waals surface area (Å²) < 4.78 is 5.75. The number of phenols is 1. The Morgan fingerprint density at radius 1 is 1.27 bits per heavy atom. The summed E-state index contributed by atoms with van der Waals surface area (Å²) in [7, 11) is 0. The molecule has 0 aliphatic heterocycles. The van der Waals surface area contributed by atoms with Gasteiger partial charge in [0.05, 0.1) is 0 Å². The number of phenolic OH excluding ortho intramolecular Hbond substituents is 1. The summed E-state index contributed by atoms with van der Waals surface area (Å²) in [6.07, 6.45) is 6.61. The molecule has 0 aromatic heterocycles. The van der Waals surface area contributed by atoms with Gasteiger partial charge in [-0.15, -0.1) is 0 Å². The molecule has 2 bridgehead atoms. The number of esters is 1. The predicted octanol–water partition coefficient (Wildman–Crippen LogP) is 4.16. The molecule has 3 nitrogen and oxygen atoms in total. The van der Waals surface area contributed by atoms with Gasteiger partial charge in [-0.3, -0.25) is 0 Å². The van der Waals surface area contributed by atoms with Gasteiger partial charge in [0.2, 0.25) is 0 Å². The summed E-state index contributed by atoms with van der Waals surface area (Å²) in [5.41, 5.74) is 1.22. The average Bonchev–Trinajstić information content (AvgIpc) is 2.80. The van der Waals surface area contributed by atoms with Crippen LogP contribution in [0.5, 0.6) is 5.75 Å². The third-order valence-corrected chi connectivity index (χ3v) is 6.28. The number of hydrogen-bond acceptors (Lipinski definition) is 3. The minimum Gasteiger partial charge on any atom is -0.508 e. The predicted molar refractivity (Wildman–Crippen MR) is 86.2 cm³/mol. The van der Waals surface area contributed by atoms with Crippen LogP contribution in [0.2, 0.25) is 0 Å². The molecule has 2 fully saturated rings. The Hall–Kier alpha value is -1.77. The van der Waals surface area contributed by atoms with E-state index >= 15 is 0 Å². The van der Waals surface area contributed by atoms with Crippen LogP contribution in [0, 0.1) is 16.7 Å². The number of fused-ring (bicyclic) bond motifs is 2. The summed E-state index contributed by atoms with van der Waals surface area (Å²) in [6.45, 7) is 6.89. The maximum absolute atomic E-state index is 12.1. The molecule has 3 heteroatoms. The van der Waals surface area contributed by atoms with Crippen molar-refractivity contribution in [3.8, 4) is 5.75 Å². The van der Waals surface area contributed by atoms with E-state index < -0.39 is 0 Å². The van der Waals surface area contributed by atoms with Crippen LogP contribution in [0.3, 0.4) is 0 Å². The van der Waals surface area contributed by atoms with Gasteiger partial charge in [-0.1, -0.05) is 32.9 Å². The maximum Gasteiger partial charge on any atom is 0.331 e. The van der Waals surface area contributed by atoms with Crippen LogP contribution in [0.4, 0.5) is 0 Å². The van der Waals surface area contributed by atoms with Crippen molar-refractivity contribution in [3.63, 3.8) is 0 Å². The molecule has 3 atom stereocenters. The quantitative estimate of drug-likeness (QED) is 0.673. The Balaban J connectivity index is 1.65. The standard InChI is InChI=1S/C19H24O3/c1-18(2)14-10-11-19(18,3)16(12-14)22-17(21)9-6-13-4-7-15(20)8-5-13/h4-9,14,16,20H,10-12H2,1-3H3/b9-6+/t14-,16+,19+/m0/s1. The van der Waals surface area contributed by atoms with Gasteiger partial charge >= 0.3 is 5.97 Å². The lowest BCUT2D eigenvalue weighted by molar-refractivity contribution is -0.150. The fourth-order valence-corrected chi connectivity index (χ4v) is 4.24. The molecule has 0 amide bonds. The lowest BCUT2D eigenvalue weighted by atomic mass is 9.70. The van der Waals surface area contributed by atoms with Crippen LogP contribution < -0.4 is 0 Å². The number of hydrogen-bond donors (Lipinski definition) is 1. The zero-order valence-electron chi connectivity index (χ0n) is 13.5. The van der Waals surface area contributed by atoms with E-state index in [9.17, 15) is 9.90 Å². The third-order valence-electron chi connectivity index (χ3n) is 6.28. The molecule has 2 aliphatic rings. The number of aromatic hydroxyl groups is 1. The van der Waals surface area contributed by atoms with Gasteiger partial charge in [-0.05, 0) is 54.4 Å². The van der Waals surface area contributed by atoms with Crippen molar-refractivity contribution >= 4 is 12.0 Å². The summed E-state index contributed by atoms with van der Waals surface area (Å²) >= 11 is 0. The molecule has 0 unspecified atom stereocenters. The highest BCUT2D eigenvalue weighted by Crippen LogP contribution is 2.66. The minimum absolute atomic E-state index is 0.0261. The SMILES string of the molecule is CC1(C)[C@H]2CC[C@]1(C)[C@H](OC(=O)/C=C/c1ccc(O)cc1)C2. The van der Waals surface area contributed by atoms with Gasteiger partial charge in [0.15, 0.2) is 0 Å². The van der Waals surface area contributed by atoms with Crippen LogP contribution in [0.15, 0.2) is 30.3 Å². The molecule has 1 aromatic rings. The Labute approximate surface area is 132 Å². The Kier molecular flexibility index (Phi) is 3.54. The van der Waals surface area contributed by atoms with Crippen molar-refractivity contribution in [3.05, 3.63) is 35.9 Å². The highest BCUT2D eigenvalue weighted by molar-refractivity contribution is 5.87.